The molecule has 6 heteroatoms. The summed E-state index contributed by atoms with van der Waals surface area (Å²) in [6.45, 7) is 0.00105. The van der Waals surface area contributed by atoms with Gasteiger partial charge in [0.25, 0.3) is 0 Å². The van der Waals surface area contributed by atoms with E-state index >= 15 is 0 Å². The smallest absolute Gasteiger partial charge is 0.321 e. The van der Waals surface area contributed by atoms with Crippen LogP contribution in [0.15, 0.2) is 48.5 Å². The number of urea groups is 1. The Labute approximate surface area is 121 Å². The molecular formula is C14H13ClN2O3. The third-order valence-corrected chi connectivity index (χ3v) is 2.69. The number of aromatic hydroxyl groups is 1. The Bertz CT molecular complexity index is 587. The van der Waals surface area contributed by atoms with Crippen LogP contribution in [-0.2, 0) is 0 Å². The monoisotopic (exact) mass is 292 g/mol. The maximum absolute atomic E-state index is 11.6. The third kappa shape index (κ3) is 4.07. The van der Waals surface area contributed by atoms with E-state index in [-0.39, 0.29) is 12.5 Å². The molecule has 0 saturated heterocycles. The average Bonchev–Trinajstić information content (AvgIpc) is 2.44. The van der Waals surface area contributed by atoms with Gasteiger partial charge < -0.3 is 20.5 Å². The minimum atomic E-state index is -0.472. The highest BCUT2D eigenvalue weighted by Crippen LogP contribution is 2.21. The molecule has 0 spiro atoms. The molecule has 2 rings (SSSR count). The van der Waals surface area contributed by atoms with Gasteiger partial charge in [-0.3, -0.25) is 0 Å². The van der Waals surface area contributed by atoms with E-state index in [0.717, 1.165) is 0 Å². The molecule has 0 aromatic heterocycles. The van der Waals surface area contributed by atoms with Crippen molar-refractivity contribution in [3.8, 4) is 11.5 Å². The molecule has 104 valence electrons. The average molecular weight is 293 g/mol. The summed E-state index contributed by atoms with van der Waals surface area (Å²) in [5, 5.41) is 15.1. The second-order valence-corrected chi connectivity index (χ2v) is 4.33. The summed E-state index contributed by atoms with van der Waals surface area (Å²) >= 11 is 5.74. The number of carbonyl (C=O) groups excluding carboxylic acids is 1. The number of halogens is 1. The predicted octanol–water partition coefficient (Wildman–Crippen LogP) is 3.20. The Morgan fingerprint density at radius 3 is 2.55 bits per heavy atom. The van der Waals surface area contributed by atoms with Crippen molar-refractivity contribution in [1.82, 2.24) is 5.32 Å². The molecule has 2 amide bonds. The number of carbonyl (C=O) groups is 1. The van der Waals surface area contributed by atoms with Crippen LogP contribution in [0.5, 0.6) is 11.5 Å². The normalized spacial score (nSPS) is 9.85. The number of anilines is 1. The van der Waals surface area contributed by atoms with Gasteiger partial charge in [0.1, 0.15) is 11.5 Å². The van der Waals surface area contributed by atoms with E-state index < -0.39 is 6.03 Å². The third-order valence-electron chi connectivity index (χ3n) is 2.44. The zero-order valence-corrected chi connectivity index (χ0v) is 11.2. The largest absolute Gasteiger partial charge is 0.506 e. The summed E-state index contributed by atoms with van der Waals surface area (Å²) in [6, 6.07) is 12.8. The number of rotatable bonds is 4. The fourth-order valence-corrected chi connectivity index (χ4v) is 1.59. The van der Waals surface area contributed by atoms with Gasteiger partial charge in [-0.25, -0.2) is 4.79 Å². The van der Waals surface area contributed by atoms with Crippen LogP contribution in [0.4, 0.5) is 10.5 Å². The minimum absolute atomic E-state index is 0.00105. The first-order valence-electron chi connectivity index (χ1n) is 5.86. The molecule has 0 atom stereocenters. The second-order valence-electron chi connectivity index (χ2n) is 3.89. The van der Waals surface area contributed by atoms with E-state index in [1.807, 2.05) is 0 Å². The molecule has 0 unspecified atom stereocenters. The maximum atomic E-state index is 11.6. The lowest BCUT2D eigenvalue weighted by atomic mass is 10.3. The van der Waals surface area contributed by atoms with Gasteiger partial charge in [0.15, 0.2) is 6.73 Å². The zero-order chi connectivity index (χ0) is 14.4. The Hall–Kier alpha value is -2.40. The summed E-state index contributed by atoms with van der Waals surface area (Å²) in [7, 11) is 0. The van der Waals surface area contributed by atoms with Crippen molar-refractivity contribution in [2.45, 2.75) is 0 Å². The van der Waals surface area contributed by atoms with Gasteiger partial charge in [-0.1, -0.05) is 23.7 Å². The molecule has 0 radical (unpaired) electrons. The van der Waals surface area contributed by atoms with Gasteiger partial charge in [-0.15, -0.1) is 0 Å². The van der Waals surface area contributed by atoms with Gasteiger partial charge in [-0.05, 0) is 36.4 Å². The van der Waals surface area contributed by atoms with E-state index in [1.54, 1.807) is 42.5 Å². The molecule has 0 bridgehead atoms. The highest BCUT2D eigenvalue weighted by atomic mass is 35.5. The van der Waals surface area contributed by atoms with Crippen molar-refractivity contribution in [1.29, 1.82) is 0 Å². The molecule has 0 heterocycles. The molecule has 2 aromatic carbocycles. The molecule has 0 aliphatic rings. The second kappa shape index (κ2) is 6.68. The number of hydrogen-bond acceptors (Lipinski definition) is 3. The van der Waals surface area contributed by atoms with Crippen LogP contribution in [0.25, 0.3) is 0 Å². The Morgan fingerprint density at radius 2 is 1.85 bits per heavy atom. The summed E-state index contributed by atoms with van der Waals surface area (Å²) in [5.41, 5.74) is 0.330. The van der Waals surface area contributed by atoms with Crippen molar-refractivity contribution >= 4 is 23.3 Å². The number of phenols is 1. The van der Waals surface area contributed by atoms with Gasteiger partial charge in [0.05, 0.1) is 5.69 Å². The summed E-state index contributed by atoms with van der Waals surface area (Å²) in [5.74, 6) is 0.596. The standard InChI is InChI=1S/C14H13ClN2O3/c15-10-5-7-11(8-6-10)20-9-16-14(19)17-12-3-1-2-4-13(12)18/h1-8,18H,9H2,(H2,16,17,19). The lowest BCUT2D eigenvalue weighted by Gasteiger charge is -2.10. The van der Waals surface area contributed by atoms with Gasteiger partial charge in [0.2, 0.25) is 0 Å². The molecule has 0 aliphatic carbocycles. The number of benzene rings is 2. The summed E-state index contributed by atoms with van der Waals surface area (Å²) < 4.78 is 5.31. The van der Waals surface area contributed by atoms with Crippen LogP contribution < -0.4 is 15.4 Å². The Balaban J connectivity index is 1.78. The number of ether oxygens (including phenoxy) is 1. The van der Waals surface area contributed by atoms with Crippen molar-refractivity contribution in [3.63, 3.8) is 0 Å². The maximum Gasteiger partial charge on any atom is 0.321 e. The van der Waals surface area contributed by atoms with Crippen LogP contribution in [0, 0.1) is 0 Å². The first-order chi connectivity index (χ1) is 9.65. The molecule has 2 aromatic rings. The van der Waals surface area contributed by atoms with Crippen molar-refractivity contribution in [3.05, 3.63) is 53.6 Å². The van der Waals surface area contributed by atoms with Crippen LogP contribution >= 0.6 is 11.6 Å². The fraction of sp³-hybridized carbons (Fsp3) is 0.0714. The van der Waals surface area contributed by atoms with Crippen molar-refractivity contribution < 1.29 is 14.6 Å². The first kappa shape index (κ1) is 14.0. The number of para-hydroxylation sites is 2. The predicted molar refractivity (Wildman–Crippen MR) is 77.2 cm³/mol. The van der Waals surface area contributed by atoms with Crippen LogP contribution in [0.2, 0.25) is 5.02 Å². The number of amides is 2. The Kier molecular flexibility index (Phi) is 4.68. The van der Waals surface area contributed by atoms with Crippen molar-refractivity contribution in [2.24, 2.45) is 0 Å². The lowest BCUT2D eigenvalue weighted by molar-refractivity contribution is 0.234. The first-order valence-corrected chi connectivity index (χ1v) is 6.24. The zero-order valence-electron chi connectivity index (χ0n) is 10.5. The van der Waals surface area contributed by atoms with E-state index in [9.17, 15) is 9.90 Å². The van der Waals surface area contributed by atoms with Gasteiger partial charge in [-0.2, -0.15) is 0 Å². The SMILES string of the molecule is O=C(NCOc1ccc(Cl)cc1)Nc1ccccc1O. The summed E-state index contributed by atoms with van der Waals surface area (Å²) in [6.07, 6.45) is 0. The Morgan fingerprint density at radius 1 is 1.15 bits per heavy atom. The highest BCUT2D eigenvalue weighted by molar-refractivity contribution is 6.30. The molecular weight excluding hydrogens is 280 g/mol. The van der Waals surface area contributed by atoms with E-state index in [2.05, 4.69) is 10.6 Å². The van der Waals surface area contributed by atoms with E-state index in [4.69, 9.17) is 16.3 Å². The quantitative estimate of drug-likeness (QED) is 0.598. The number of phenolic OH excluding ortho intramolecular Hbond substituents is 1. The number of hydrogen-bond donors (Lipinski definition) is 3. The molecule has 3 N–H and O–H groups in total. The van der Waals surface area contributed by atoms with Crippen LogP contribution in [-0.4, -0.2) is 17.9 Å². The number of nitrogens with one attached hydrogen (secondary N) is 2. The molecule has 5 nitrogen and oxygen atoms in total. The van der Waals surface area contributed by atoms with Crippen LogP contribution in [0.3, 0.4) is 0 Å². The van der Waals surface area contributed by atoms with Crippen LogP contribution in [0.1, 0.15) is 0 Å². The molecule has 20 heavy (non-hydrogen) atoms. The van der Waals surface area contributed by atoms with E-state index in [0.29, 0.717) is 16.5 Å². The minimum Gasteiger partial charge on any atom is -0.506 e. The van der Waals surface area contributed by atoms with E-state index in [1.165, 1.54) is 6.07 Å². The molecule has 0 fully saturated rings. The molecule has 0 saturated carbocycles. The summed E-state index contributed by atoms with van der Waals surface area (Å²) in [4.78, 5) is 11.6. The van der Waals surface area contributed by atoms with Gasteiger partial charge >= 0.3 is 6.03 Å². The lowest BCUT2D eigenvalue weighted by Crippen LogP contribution is -2.32. The van der Waals surface area contributed by atoms with Gasteiger partial charge in [0, 0.05) is 5.02 Å². The topological polar surface area (TPSA) is 70.6 Å². The van der Waals surface area contributed by atoms with Crippen molar-refractivity contribution in [2.75, 3.05) is 12.0 Å². The highest BCUT2D eigenvalue weighted by Gasteiger charge is 2.04. The fourth-order valence-electron chi connectivity index (χ4n) is 1.46. The molecule has 0 aliphatic heterocycles.